The van der Waals surface area contributed by atoms with Crippen LogP contribution in [0.5, 0.6) is 5.75 Å². The van der Waals surface area contributed by atoms with E-state index in [0.29, 0.717) is 57.0 Å². The molecule has 1 aliphatic heterocycles. The Bertz CT molecular complexity index is 959. The average molecular weight is 436 g/mol. The molecule has 0 radical (unpaired) electrons. The van der Waals surface area contributed by atoms with E-state index >= 15 is 0 Å². The molecule has 0 spiro atoms. The quantitative estimate of drug-likeness (QED) is 0.640. The molecule has 1 aromatic heterocycles. The zero-order valence-corrected chi connectivity index (χ0v) is 18.5. The van der Waals surface area contributed by atoms with Crippen molar-refractivity contribution in [2.45, 2.75) is 44.9 Å². The summed E-state index contributed by atoms with van der Waals surface area (Å²) in [6.07, 6.45) is 1.70. The van der Waals surface area contributed by atoms with Gasteiger partial charge in [-0.3, -0.25) is 4.79 Å². The summed E-state index contributed by atoms with van der Waals surface area (Å²) < 4.78 is 37.8. The minimum atomic E-state index is -3.65. The van der Waals surface area contributed by atoms with Crippen molar-refractivity contribution in [3.05, 3.63) is 41.3 Å². The predicted molar refractivity (Wildman–Crippen MR) is 112 cm³/mol. The topological polar surface area (TPSA) is 102 Å². The molecule has 3 rings (SSSR count). The molecule has 2 heterocycles. The summed E-state index contributed by atoms with van der Waals surface area (Å²) in [4.78, 5) is 12.6. The van der Waals surface area contributed by atoms with Gasteiger partial charge < -0.3 is 14.6 Å². The summed E-state index contributed by atoms with van der Waals surface area (Å²) in [7, 11) is -3.65. The van der Waals surface area contributed by atoms with Crippen molar-refractivity contribution in [1.82, 2.24) is 14.8 Å². The zero-order chi connectivity index (χ0) is 21.7. The number of hydrogen-bond acceptors (Lipinski definition) is 6. The summed E-state index contributed by atoms with van der Waals surface area (Å²) in [5, 5.41) is 6.68. The number of hydrogen-bond donors (Lipinski definition) is 1. The molecule has 0 aliphatic carbocycles. The van der Waals surface area contributed by atoms with E-state index in [2.05, 4.69) is 10.5 Å². The van der Waals surface area contributed by atoms with Crippen LogP contribution in [0.2, 0.25) is 0 Å². The van der Waals surface area contributed by atoms with Crippen molar-refractivity contribution >= 4 is 15.9 Å². The normalized spacial score (nSPS) is 15.8. The van der Waals surface area contributed by atoms with Gasteiger partial charge in [-0.25, -0.2) is 8.42 Å². The van der Waals surface area contributed by atoms with Crippen LogP contribution >= 0.6 is 0 Å². The van der Waals surface area contributed by atoms with Gasteiger partial charge in [0, 0.05) is 25.6 Å². The molecular formula is C21H29N3O5S. The summed E-state index contributed by atoms with van der Waals surface area (Å²) in [6, 6.07) is 7.85. The third-order valence-corrected chi connectivity index (χ3v) is 7.41. The van der Waals surface area contributed by atoms with Crippen molar-refractivity contribution in [3.63, 3.8) is 0 Å². The maximum absolute atomic E-state index is 12.9. The van der Waals surface area contributed by atoms with Crippen LogP contribution in [-0.2, 0) is 14.8 Å². The maximum atomic E-state index is 12.9. The van der Waals surface area contributed by atoms with Gasteiger partial charge in [0.05, 0.1) is 6.61 Å². The van der Waals surface area contributed by atoms with E-state index in [1.807, 2.05) is 31.2 Å². The number of rotatable bonds is 8. The number of aryl methyl sites for hydroxylation is 3. The lowest BCUT2D eigenvalue weighted by Gasteiger charge is -2.30. The van der Waals surface area contributed by atoms with Crippen LogP contribution in [0.3, 0.4) is 0 Å². The molecular weight excluding hydrogens is 406 g/mol. The number of benzene rings is 1. The number of nitrogens with one attached hydrogen (secondary N) is 1. The molecule has 164 valence electrons. The first-order valence-electron chi connectivity index (χ1n) is 10.2. The molecule has 0 unspecified atom stereocenters. The highest BCUT2D eigenvalue weighted by molar-refractivity contribution is 7.89. The number of carbonyl (C=O) groups is 1. The second-order valence-corrected chi connectivity index (χ2v) is 9.52. The van der Waals surface area contributed by atoms with Gasteiger partial charge >= 0.3 is 0 Å². The van der Waals surface area contributed by atoms with Gasteiger partial charge in [0.25, 0.3) is 0 Å². The Kier molecular flexibility index (Phi) is 7.14. The Balaban J connectivity index is 1.41. The van der Waals surface area contributed by atoms with Crippen molar-refractivity contribution < 1.29 is 22.5 Å². The Morgan fingerprint density at radius 3 is 2.63 bits per heavy atom. The highest BCUT2D eigenvalue weighted by Gasteiger charge is 2.35. The van der Waals surface area contributed by atoms with Gasteiger partial charge in [0.1, 0.15) is 16.3 Å². The number of carbonyl (C=O) groups excluding carboxylic acids is 1. The van der Waals surface area contributed by atoms with Gasteiger partial charge in [-0.05, 0) is 57.7 Å². The highest BCUT2D eigenvalue weighted by Crippen LogP contribution is 2.27. The Morgan fingerprint density at radius 2 is 2.00 bits per heavy atom. The fraction of sp³-hybridized carbons (Fsp3) is 0.524. The minimum Gasteiger partial charge on any atom is -0.494 e. The smallest absolute Gasteiger partial charge is 0.248 e. The van der Waals surface area contributed by atoms with E-state index < -0.39 is 10.0 Å². The number of piperidine rings is 1. The molecule has 2 aromatic rings. The van der Waals surface area contributed by atoms with Crippen molar-refractivity contribution in [2.24, 2.45) is 5.92 Å². The Labute approximate surface area is 177 Å². The van der Waals surface area contributed by atoms with E-state index in [-0.39, 0.29) is 16.7 Å². The van der Waals surface area contributed by atoms with Gasteiger partial charge in [-0.15, -0.1) is 0 Å². The molecule has 1 fully saturated rings. The Morgan fingerprint density at radius 1 is 1.27 bits per heavy atom. The van der Waals surface area contributed by atoms with Crippen LogP contribution in [0.15, 0.2) is 33.7 Å². The molecule has 0 bridgehead atoms. The predicted octanol–water partition coefficient (Wildman–Crippen LogP) is 2.59. The average Bonchev–Trinajstić information content (AvgIpc) is 3.06. The third-order valence-electron chi connectivity index (χ3n) is 5.27. The van der Waals surface area contributed by atoms with Crippen molar-refractivity contribution in [1.29, 1.82) is 0 Å². The first kappa shape index (κ1) is 22.3. The fourth-order valence-electron chi connectivity index (χ4n) is 3.65. The zero-order valence-electron chi connectivity index (χ0n) is 17.7. The van der Waals surface area contributed by atoms with Crippen molar-refractivity contribution in [2.75, 3.05) is 26.2 Å². The Hall–Kier alpha value is -2.39. The summed E-state index contributed by atoms with van der Waals surface area (Å²) >= 11 is 0. The first-order valence-corrected chi connectivity index (χ1v) is 11.6. The van der Waals surface area contributed by atoms with Crippen LogP contribution < -0.4 is 10.1 Å². The second-order valence-electron chi connectivity index (χ2n) is 7.64. The van der Waals surface area contributed by atoms with Crippen LogP contribution in [0.4, 0.5) is 0 Å². The number of ether oxygens (including phenoxy) is 1. The molecule has 1 saturated heterocycles. The third kappa shape index (κ3) is 5.20. The van der Waals surface area contributed by atoms with Crippen molar-refractivity contribution in [3.8, 4) is 5.75 Å². The number of aromatic nitrogens is 1. The van der Waals surface area contributed by atoms with E-state index in [1.165, 1.54) is 4.31 Å². The largest absolute Gasteiger partial charge is 0.494 e. The number of amides is 1. The lowest BCUT2D eigenvalue weighted by Crippen LogP contribution is -2.43. The van der Waals surface area contributed by atoms with Gasteiger partial charge in [0.15, 0.2) is 5.76 Å². The van der Waals surface area contributed by atoms with Gasteiger partial charge in [-0.2, -0.15) is 4.31 Å². The van der Waals surface area contributed by atoms with E-state index in [9.17, 15) is 13.2 Å². The molecule has 0 atom stereocenters. The highest BCUT2D eigenvalue weighted by atomic mass is 32.2. The van der Waals surface area contributed by atoms with E-state index in [0.717, 1.165) is 11.3 Å². The lowest BCUT2D eigenvalue weighted by atomic mass is 9.97. The summed E-state index contributed by atoms with van der Waals surface area (Å²) in [5.41, 5.74) is 1.50. The van der Waals surface area contributed by atoms with Crippen LogP contribution in [-0.4, -0.2) is 50.0 Å². The van der Waals surface area contributed by atoms with Gasteiger partial charge in [0.2, 0.25) is 15.9 Å². The van der Waals surface area contributed by atoms with E-state index in [4.69, 9.17) is 9.26 Å². The second kappa shape index (κ2) is 9.61. The summed E-state index contributed by atoms with van der Waals surface area (Å²) in [5.74, 6) is 0.909. The van der Waals surface area contributed by atoms with Crippen LogP contribution in [0.25, 0.3) is 0 Å². The number of sulfonamides is 1. The standard InChI is InChI=1S/C21H29N3O5S/c1-15-6-4-7-19(14-15)28-13-5-10-22-21(25)18-8-11-24(12-9-18)30(26,27)20-16(2)23-29-17(20)3/h4,6-7,14,18H,5,8-13H2,1-3H3,(H,22,25). The summed E-state index contributed by atoms with van der Waals surface area (Å²) in [6.45, 7) is 6.89. The molecule has 30 heavy (non-hydrogen) atoms. The van der Waals surface area contributed by atoms with Gasteiger partial charge in [-0.1, -0.05) is 17.3 Å². The molecule has 1 aromatic carbocycles. The fourth-order valence-corrected chi connectivity index (χ4v) is 5.41. The maximum Gasteiger partial charge on any atom is 0.248 e. The lowest BCUT2D eigenvalue weighted by molar-refractivity contribution is -0.126. The SMILES string of the molecule is Cc1cccc(OCCCNC(=O)C2CCN(S(=O)(=O)c3c(C)noc3C)CC2)c1. The molecule has 1 N–H and O–H groups in total. The molecule has 1 amide bonds. The molecule has 8 nitrogen and oxygen atoms in total. The van der Waals surface area contributed by atoms with Crippen LogP contribution in [0, 0.1) is 26.7 Å². The molecule has 1 aliphatic rings. The van der Waals surface area contributed by atoms with Crippen LogP contribution in [0.1, 0.15) is 36.3 Å². The molecule has 0 saturated carbocycles. The first-order chi connectivity index (χ1) is 14.3. The monoisotopic (exact) mass is 435 g/mol. The number of nitrogens with zero attached hydrogens (tertiary/aromatic N) is 2. The minimum absolute atomic E-state index is 0.0278. The van der Waals surface area contributed by atoms with E-state index in [1.54, 1.807) is 13.8 Å². The molecule has 9 heteroatoms.